The second-order valence-corrected chi connectivity index (χ2v) is 12.7. The Morgan fingerprint density at radius 2 is 1.70 bits per heavy atom. The molecule has 1 saturated heterocycles. The molecule has 0 unspecified atom stereocenters. The Hall–Kier alpha value is -1.92. The molecule has 33 heavy (non-hydrogen) atoms. The fraction of sp³-hybridized carbons (Fsp3) is 0.846. The second kappa shape index (κ2) is 8.38. The summed E-state index contributed by atoms with van der Waals surface area (Å²) >= 11 is 0. The van der Waals surface area contributed by atoms with Crippen LogP contribution in [0.25, 0.3) is 0 Å². The molecule has 5 atom stereocenters. The number of ketones is 1. The molecule has 1 aliphatic heterocycles. The Kier molecular flexibility index (Phi) is 6.15. The molecule has 0 spiro atoms. The molecule has 3 amide bonds. The van der Waals surface area contributed by atoms with Crippen molar-refractivity contribution in [2.24, 2.45) is 34.5 Å². The number of carbonyl (C=O) groups excluding carboxylic acids is 4. The van der Waals surface area contributed by atoms with E-state index in [4.69, 9.17) is 0 Å². The van der Waals surface area contributed by atoms with Crippen LogP contribution in [0.4, 0.5) is 0 Å². The number of rotatable bonds is 9. The molecule has 0 aromatic heterocycles. The molecule has 0 bridgehead atoms. The van der Waals surface area contributed by atoms with E-state index in [2.05, 4.69) is 24.5 Å². The van der Waals surface area contributed by atoms with Gasteiger partial charge < -0.3 is 15.5 Å². The smallest absolute Gasteiger partial charge is 0.289 e. The SMILES string of the molecule is C[C@H](C(=O)N1C[C@H]2[C@@H]([C@H]1C(=O)N[C@H](CCC1CC1)C(=O)C(=O)NC1CC1)C2(C)C)C(C)(C)C. The first kappa shape index (κ1) is 24.2. The Labute approximate surface area is 197 Å². The molecule has 4 rings (SSSR count). The number of nitrogens with one attached hydrogen (secondary N) is 2. The van der Waals surface area contributed by atoms with Gasteiger partial charge in [0.25, 0.3) is 5.91 Å². The molecule has 0 radical (unpaired) electrons. The number of likely N-dealkylation sites (tertiary alicyclic amines) is 1. The Balaban J connectivity index is 1.49. The van der Waals surface area contributed by atoms with Crippen molar-refractivity contribution in [2.45, 2.75) is 98.2 Å². The average Bonchev–Trinajstić information content (AvgIpc) is 3.67. The molecule has 7 nitrogen and oxygen atoms in total. The topological polar surface area (TPSA) is 95.6 Å². The highest BCUT2D eigenvalue weighted by Crippen LogP contribution is 2.65. The molecule has 184 valence electrons. The molecule has 7 heteroatoms. The van der Waals surface area contributed by atoms with Gasteiger partial charge >= 0.3 is 0 Å². The number of carbonyl (C=O) groups is 4. The maximum Gasteiger partial charge on any atom is 0.289 e. The maximum absolute atomic E-state index is 13.6. The van der Waals surface area contributed by atoms with Gasteiger partial charge in [0.05, 0.1) is 6.04 Å². The van der Waals surface area contributed by atoms with Crippen LogP contribution in [0.5, 0.6) is 0 Å². The summed E-state index contributed by atoms with van der Waals surface area (Å²) < 4.78 is 0. The summed E-state index contributed by atoms with van der Waals surface area (Å²) in [5, 5.41) is 5.70. The zero-order valence-electron chi connectivity index (χ0n) is 21.1. The van der Waals surface area contributed by atoms with E-state index in [0.717, 1.165) is 32.1 Å². The van der Waals surface area contributed by atoms with Gasteiger partial charge in [-0.2, -0.15) is 0 Å². The average molecular weight is 460 g/mol. The minimum absolute atomic E-state index is 0.000619. The predicted molar refractivity (Wildman–Crippen MR) is 125 cm³/mol. The molecule has 4 aliphatic rings. The van der Waals surface area contributed by atoms with Gasteiger partial charge in [0.2, 0.25) is 17.6 Å². The van der Waals surface area contributed by atoms with Crippen LogP contribution in [0, 0.1) is 34.5 Å². The van der Waals surface area contributed by atoms with Gasteiger partial charge in [-0.3, -0.25) is 19.2 Å². The van der Waals surface area contributed by atoms with Crippen LogP contribution in [-0.2, 0) is 19.2 Å². The third-order valence-corrected chi connectivity index (χ3v) is 8.76. The highest BCUT2D eigenvalue weighted by atomic mass is 16.2. The molecule has 4 fully saturated rings. The maximum atomic E-state index is 13.6. The predicted octanol–water partition coefficient (Wildman–Crippen LogP) is 2.67. The Morgan fingerprint density at radius 3 is 2.24 bits per heavy atom. The summed E-state index contributed by atoms with van der Waals surface area (Å²) in [7, 11) is 0. The number of hydrogen-bond acceptors (Lipinski definition) is 4. The normalized spacial score (nSPS) is 29.6. The van der Waals surface area contributed by atoms with E-state index >= 15 is 0 Å². The van der Waals surface area contributed by atoms with E-state index in [9.17, 15) is 19.2 Å². The lowest BCUT2D eigenvalue weighted by molar-refractivity contribution is -0.146. The number of fused-ring (bicyclic) bond motifs is 1. The van der Waals surface area contributed by atoms with Crippen LogP contribution < -0.4 is 10.6 Å². The summed E-state index contributed by atoms with van der Waals surface area (Å²) in [4.78, 5) is 54.2. The van der Waals surface area contributed by atoms with E-state index in [1.54, 1.807) is 4.90 Å². The first-order chi connectivity index (χ1) is 15.3. The molecule has 3 saturated carbocycles. The number of hydrogen-bond donors (Lipinski definition) is 2. The minimum atomic E-state index is -0.824. The number of amides is 3. The van der Waals surface area contributed by atoms with Crippen LogP contribution in [0.15, 0.2) is 0 Å². The zero-order chi connectivity index (χ0) is 24.3. The lowest BCUT2D eigenvalue weighted by Crippen LogP contribution is -2.56. The Bertz CT molecular complexity index is 837. The van der Waals surface area contributed by atoms with Crippen molar-refractivity contribution in [3.05, 3.63) is 0 Å². The van der Waals surface area contributed by atoms with Crippen molar-refractivity contribution < 1.29 is 19.2 Å². The molecule has 0 aromatic rings. The van der Waals surface area contributed by atoms with E-state index in [1.807, 2.05) is 27.7 Å². The van der Waals surface area contributed by atoms with E-state index < -0.39 is 23.8 Å². The van der Waals surface area contributed by atoms with Gasteiger partial charge in [0.15, 0.2) is 0 Å². The van der Waals surface area contributed by atoms with Gasteiger partial charge in [-0.1, -0.05) is 54.4 Å². The molecule has 2 N–H and O–H groups in total. The fourth-order valence-electron chi connectivity index (χ4n) is 5.41. The van der Waals surface area contributed by atoms with Gasteiger partial charge in [0, 0.05) is 18.5 Å². The Morgan fingerprint density at radius 1 is 1.06 bits per heavy atom. The summed E-state index contributed by atoms with van der Waals surface area (Å²) in [5.74, 6) is -0.673. The van der Waals surface area contributed by atoms with Crippen LogP contribution in [0.1, 0.15) is 80.1 Å². The third kappa shape index (κ3) is 4.97. The molecular formula is C26H41N3O4. The summed E-state index contributed by atoms with van der Waals surface area (Å²) in [6.45, 7) is 12.9. The van der Waals surface area contributed by atoms with Crippen molar-refractivity contribution >= 4 is 23.5 Å². The fourth-order valence-corrected chi connectivity index (χ4v) is 5.41. The third-order valence-electron chi connectivity index (χ3n) is 8.76. The largest absolute Gasteiger partial charge is 0.347 e. The summed E-state index contributed by atoms with van der Waals surface area (Å²) in [5.41, 5.74) is -0.204. The number of piperidine rings is 1. The quantitative estimate of drug-likeness (QED) is 0.518. The molecule has 1 heterocycles. The molecule has 0 aromatic carbocycles. The van der Waals surface area contributed by atoms with Crippen molar-refractivity contribution in [3.63, 3.8) is 0 Å². The van der Waals surface area contributed by atoms with Crippen molar-refractivity contribution in [3.8, 4) is 0 Å². The lowest BCUT2D eigenvalue weighted by atomic mass is 9.81. The molecule has 3 aliphatic carbocycles. The minimum Gasteiger partial charge on any atom is -0.347 e. The van der Waals surface area contributed by atoms with Crippen LogP contribution in [0.2, 0.25) is 0 Å². The van der Waals surface area contributed by atoms with Gasteiger partial charge in [-0.05, 0) is 54.3 Å². The lowest BCUT2D eigenvalue weighted by Gasteiger charge is -2.36. The highest BCUT2D eigenvalue weighted by molar-refractivity contribution is 6.38. The second-order valence-electron chi connectivity index (χ2n) is 12.7. The van der Waals surface area contributed by atoms with Gasteiger partial charge in [-0.25, -0.2) is 0 Å². The zero-order valence-corrected chi connectivity index (χ0v) is 21.1. The standard InChI is InChI=1S/C26H41N3O4/c1-14(25(2,3)4)24(33)29-13-17-19(26(17,5)6)20(29)22(31)28-18(12-9-15-7-8-15)21(30)23(32)27-16-10-11-16/h14-20H,7-13H2,1-6H3,(H,27,32)(H,28,31)/t14-,17+,18-,19+,20+/m1/s1. The van der Waals surface area contributed by atoms with E-state index in [-0.39, 0.29) is 40.5 Å². The van der Waals surface area contributed by atoms with Crippen LogP contribution in [0.3, 0.4) is 0 Å². The highest BCUT2D eigenvalue weighted by Gasteiger charge is 2.69. The van der Waals surface area contributed by atoms with Gasteiger partial charge in [-0.15, -0.1) is 0 Å². The number of nitrogens with zero attached hydrogens (tertiary/aromatic N) is 1. The summed E-state index contributed by atoms with van der Waals surface area (Å²) in [6, 6.07) is -1.31. The van der Waals surface area contributed by atoms with E-state index in [1.165, 1.54) is 0 Å². The summed E-state index contributed by atoms with van der Waals surface area (Å²) in [6.07, 6.45) is 5.42. The van der Waals surface area contributed by atoms with Gasteiger partial charge in [0.1, 0.15) is 6.04 Å². The van der Waals surface area contributed by atoms with Crippen molar-refractivity contribution in [1.82, 2.24) is 15.5 Å². The van der Waals surface area contributed by atoms with Crippen molar-refractivity contribution in [1.29, 1.82) is 0 Å². The van der Waals surface area contributed by atoms with E-state index in [0.29, 0.717) is 24.8 Å². The monoisotopic (exact) mass is 459 g/mol. The van der Waals surface area contributed by atoms with Crippen molar-refractivity contribution in [2.75, 3.05) is 6.54 Å². The first-order valence-corrected chi connectivity index (χ1v) is 12.8. The number of Topliss-reactive ketones (excluding diaryl/α,β-unsaturated/α-hetero) is 1. The van der Waals surface area contributed by atoms with Crippen LogP contribution >= 0.6 is 0 Å². The molecular weight excluding hydrogens is 418 g/mol. The van der Waals surface area contributed by atoms with Crippen LogP contribution in [-0.4, -0.2) is 53.1 Å². The first-order valence-electron chi connectivity index (χ1n) is 12.8.